The fourth-order valence-corrected chi connectivity index (χ4v) is 1.97. The summed E-state index contributed by atoms with van der Waals surface area (Å²) in [6.45, 7) is 1.84. The Hall–Kier alpha value is -1.76. The van der Waals surface area contributed by atoms with Crippen molar-refractivity contribution in [3.8, 4) is 0 Å². The molecule has 1 atom stereocenters. The van der Waals surface area contributed by atoms with Crippen LogP contribution in [0.5, 0.6) is 0 Å². The van der Waals surface area contributed by atoms with Crippen LogP contribution in [0.25, 0.3) is 0 Å². The van der Waals surface area contributed by atoms with Crippen LogP contribution in [-0.4, -0.2) is 54.6 Å². The van der Waals surface area contributed by atoms with Crippen LogP contribution in [0, 0.1) is 0 Å². The van der Waals surface area contributed by atoms with Gasteiger partial charge in [0.25, 0.3) is 0 Å². The molecular formula is C13H17N3O3. The van der Waals surface area contributed by atoms with E-state index in [4.69, 9.17) is 10.6 Å². The number of aldehydes is 1. The van der Waals surface area contributed by atoms with Gasteiger partial charge in [0, 0.05) is 13.1 Å². The van der Waals surface area contributed by atoms with Crippen molar-refractivity contribution in [2.45, 2.75) is 6.17 Å². The molecule has 6 heteroatoms. The van der Waals surface area contributed by atoms with Crippen molar-refractivity contribution in [3.63, 3.8) is 0 Å². The largest absolute Gasteiger partial charge is 0.364 e. The van der Waals surface area contributed by atoms with E-state index in [1.54, 1.807) is 29.3 Å². The number of nitrogens with two attached hydrogens (primary N) is 1. The van der Waals surface area contributed by atoms with Gasteiger partial charge in [0.1, 0.15) is 6.29 Å². The number of hydrogen-bond donors (Lipinski definition) is 1. The second-order valence-corrected chi connectivity index (χ2v) is 4.36. The summed E-state index contributed by atoms with van der Waals surface area (Å²) in [6, 6.07) is 8.80. The molecule has 1 aliphatic rings. The molecule has 1 heterocycles. The molecule has 102 valence electrons. The van der Waals surface area contributed by atoms with Gasteiger partial charge in [-0.2, -0.15) is 0 Å². The van der Waals surface area contributed by atoms with Gasteiger partial charge in [0.15, 0.2) is 0 Å². The Morgan fingerprint density at radius 2 is 2.11 bits per heavy atom. The minimum absolute atomic E-state index is 0.303. The first-order chi connectivity index (χ1) is 9.20. The van der Waals surface area contributed by atoms with Gasteiger partial charge in [0.2, 0.25) is 0 Å². The summed E-state index contributed by atoms with van der Waals surface area (Å²) in [5.41, 5.74) is 6.41. The standard InChI is InChI=1S/C13H17N3O3/c14-12-10-16(7-6-15(12)8-9-17)19-13(18)11-4-2-1-3-5-11/h1-5,9,12H,6-8,10,14H2. The lowest BCUT2D eigenvalue weighted by atomic mass is 10.2. The summed E-state index contributed by atoms with van der Waals surface area (Å²) in [7, 11) is 0. The maximum Gasteiger partial charge on any atom is 0.357 e. The van der Waals surface area contributed by atoms with Crippen molar-refractivity contribution in [1.29, 1.82) is 0 Å². The summed E-state index contributed by atoms with van der Waals surface area (Å²) < 4.78 is 0. The maximum absolute atomic E-state index is 11.9. The summed E-state index contributed by atoms with van der Waals surface area (Å²) in [6.07, 6.45) is 0.522. The molecule has 0 saturated carbocycles. The third kappa shape index (κ3) is 3.60. The molecule has 2 rings (SSSR count). The SMILES string of the molecule is NC1CN(OC(=O)c2ccccc2)CCN1CC=O. The summed E-state index contributed by atoms with van der Waals surface area (Å²) in [4.78, 5) is 29.4. The van der Waals surface area contributed by atoms with Crippen molar-refractivity contribution < 1.29 is 14.4 Å². The number of nitrogens with zero attached hydrogens (tertiary/aromatic N) is 2. The highest BCUT2D eigenvalue weighted by Gasteiger charge is 2.26. The van der Waals surface area contributed by atoms with Gasteiger partial charge in [-0.25, -0.2) is 4.79 Å². The summed E-state index contributed by atoms with van der Waals surface area (Å²) in [5, 5.41) is 1.54. The van der Waals surface area contributed by atoms with E-state index in [-0.39, 0.29) is 6.17 Å². The van der Waals surface area contributed by atoms with Crippen molar-refractivity contribution >= 4 is 12.3 Å². The quantitative estimate of drug-likeness (QED) is 0.762. The topological polar surface area (TPSA) is 75.9 Å². The summed E-state index contributed by atoms with van der Waals surface area (Å²) in [5.74, 6) is -0.392. The molecule has 1 unspecified atom stereocenters. The molecule has 0 amide bonds. The predicted octanol–water partition coefficient (Wildman–Crippen LogP) is -0.140. The highest BCUT2D eigenvalue weighted by atomic mass is 16.7. The monoisotopic (exact) mass is 263 g/mol. The zero-order chi connectivity index (χ0) is 13.7. The van der Waals surface area contributed by atoms with E-state index in [9.17, 15) is 9.59 Å². The van der Waals surface area contributed by atoms with Gasteiger partial charge in [-0.3, -0.25) is 4.90 Å². The van der Waals surface area contributed by atoms with E-state index < -0.39 is 5.97 Å². The Bertz CT molecular complexity index is 438. The Balaban J connectivity index is 1.88. The van der Waals surface area contributed by atoms with Crippen LogP contribution in [0.15, 0.2) is 30.3 Å². The van der Waals surface area contributed by atoms with Crippen LogP contribution in [0.1, 0.15) is 10.4 Å². The molecule has 1 saturated heterocycles. The third-order valence-corrected chi connectivity index (χ3v) is 3.03. The highest BCUT2D eigenvalue weighted by molar-refractivity contribution is 5.89. The van der Waals surface area contributed by atoms with Crippen LogP contribution in [-0.2, 0) is 9.63 Å². The minimum Gasteiger partial charge on any atom is -0.364 e. The number of hydrogen-bond acceptors (Lipinski definition) is 6. The Morgan fingerprint density at radius 1 is 1.37 bits per heavy atom. The highest BCUT2D eigenvalue weighted by Crippen LogP contribution is 2.08. The van der Waals surface area contributed by atoms with Crippen molar-refractivity contribution in [2.24, 2.45) is 5.73 Å². The van der Waals surface area contributed by atoms with Crippen LogP contribution < -0.4 is 5.73 Å². The third-order valence-electron chi connectivity index (χ3n) is 3.03. The number of carbonyl (C=O) groups is 2. The first-order valence-electron chi connectivity index (χ1n) is 6.16. The number of piperazine rings is 1. The Morgan fingerprint density at radius 3 is 2.74 bits per heavy atom. The first-order valence-corrected chi connectivity index (χ1v) is 6.16. The molecule has 0 aromatic heterocycles. The van der Waals surface area contributed by atoms with Gasteiger partial charge in [-0.1, -0.05) is 18.2 Å². The molecule has 0 spiro atoms. The van der Waals surface area contributed by atoms with Gasteiger partial charge in [0.05, 0.1) is 24.8 Å². The lowest BCUT2D eigenvalue weighted by molar-refractivity contribution is -0.144. The van der Waals surface area contributed by atoms with E-state index in [0.29, 0.717) is 31.7 Å². The molecule has 1 fully saturated rings. The summed E-state index contributed by atoms with van der Waals surface area (Å²) >= 11 is 0. The number of rotatable bonds is 4. The predicted molar refractivity (Wildman–Crippen MR) is 69.0 cm³/mol. The van der Waals surface area contributed by atoms with E-state index >= 15 is 0 Å². The van der Waals surface area contributed by atoms with E-state index in [1.165, 1.54) is 0 Å². The molecular weight excluding hydrogens is 246 g/mol. The van der Waals surface area contributed by atoms with Crippen LogP contribution in [0.4, 0.5) is 0 Å². The minimum atomic E-state index is -0.392. The normalized spacial score (nSPS) is 21.0. The number of benzene rings is 1. The van der Waals surface area contributed by atoms with Crippen molar-refractivity contribution in [2.75, 3.05) is 26.2 Å². The lowest BCUT2D eigenvalue weighted by Crippen LogP contribution is -2.57. The molecule has 1 aliphatic heterocycles. The molecule has 0 aliphatic carbocycles. The van der Waals surface area contributed by atoms with Gasteiger partial charge >= 0.3 is 5.97 Å². The maximum atomic E-state index is 11.9. The first kappa shape index (κ1) is 13.7. The fraction of sp³-hybridized carbons (Fsp3) is 0.385. The molecule has 1 aromatic rings. The second kappa shape index (κ2) is 6.42. The molecule has 0 radical (unpaired) electrons. The zero-order valence-corrected chi connectivity index (χ0v) is 10.6. The van der Waals surface area contributed by atoms with E-state index in [0.717, 1.165) is 6.29 Å². The number of carbonyl (C=O) groups excluding carboxylic acids is 2. The smallest absolute Gasteiger partial charge is 0.357 e. The Kier molecular flexibility index (Phi) is 4.62. The van der Waals surface area contributed by atoms with Crippen LogP contribution >= 0.6 is 0 Å². The average molecular weight is 263 g/mol. The van der Waals surface area contributed by atoms with Crippen LogP contribution in [0.2, 0.25) is 0 Å². The molecule has 0 bridgehead atoms. The van der Waals surface area contributed by atoms with Crippen molar-refractivity contribution in [3.05, 3.63) is 35.9 Å². The van der Waals surface area contributed by atoms with Gasteiger partial charge < -0.3 is 15.4 Å². The molecule has 6 nitrogen and oxygen atoms in total. The number of hydroxylamine groups is 2. The van der Waals surface area contributed by atoms with Gasteiger partial charge in [-0.15, -0.1) is 5.06 Å². The van der Waals surface area contributed by atoms with Gasteiger partial charge in [-0.05, 0) is 12.1 Å². The molecule has 1 aromatic carbocycles. The van der Waals surface area contributed by atoms with Crippen molar-refractivity contribution in [1.82, 2.24) is 9.96 Å². The van der Waals surface area contributed by atoms with Crippen LogP contribution in [0.3, 0.4) is 0 Å². The second-order valence-electron chi connectivity index (χ2n) is 4.36. The fourth-order valence-electron chi connectivity index (χ4n) is 1.97. The van der Waals surface area contributed by atoms with E-state index in [1.807, 2.05) is 11.0 Å². The average Bonchev–Trinajstić information content (AvgIpc) is 2.43. The lowest BCUT2D eigenvalue weighted by Gasteiger charge is -2.37. The zero-order valence-electron chi connectivity index (χ0n) is 10.6. The van der Waals surface area contributed by atoms with E-state index in [2.05, 4.69) is 0 Å². The molecule has 2 N–H and O–H groups in total. The Labute approximate surface area is 111 Å². The molecule has 19 heavy (non-hydrogen) atoms.